The topological polar surface area (TPSA) is 70.9 Å². The molecule has 2 saturated heterocycles. The zero-order chi connectivity index (χ0) is 22.7. The van der Waals surface area contributed by atoms with E-state index in [1.165, 1.54) is 0 Å². The van der Waals surface area contributed by atoms with E-state index < -0.39 is 0 Å². The van der Waals surface area contributed by atoms with Gasteiger partial charge in [-0.05, 0) is 26.1 Å². The van der Waals surface area contributed by atoms with Crippen molar-refractivity contribution in [3.8, 4) is 5.75 Å². The Morgan fingerprint density at radius 2 is 1.75 bits per heavy atom. The summed E-state index contributed by atoms with van der Waals surface area (Å²) in [5.74, 6) is 0.872. The number of ether oxygens (including phenoxy) is 1. The highest BCUT2D eigenvalue weighted by Gasteiger charge is 2.36. The summed E-state index contributed by atoms with van der Waals surface area (Å²) in [6.45, 7) is 6.25. The molecule has 0 saturated carbocycles. The molecule has 2 aromatic rings. The van der Waals surface area contributed by atoms with Gasteiger partial charge in [-0.15, -0.1) is 0 Å². The number of aryl methyl sites for hydroxylation is 2. The zero-order valence-corrected chi connectivity index (χ0v) is 19.2. The summed E-state index contributed by atoms with van der Waals surface area (Å²) < 4.78 is 7.97. The molecule has 32 heavy (non-hydrogen) atoms. The molecule has 0 unspecified atom stereocenters. The first-order valence-electron chi connectivity index (χ1n) is 11.4. The Balaban J connectivity index is 1.48. The second kappa shape index (κ2) is 9.73. The summed E-state index contributed by atoms with van der Waals surface area (Å²) in [6, 6.07) is 9.73. The molecule has 2 fully saturated rings. The highest BCUT2D eigenvalue weighted by molar-refractivity contribution is 5.95. The Morgan fingerprint density at radius 3 is 2.41 bits per heavy atom. The van der Waals surface area contributed by atoms with Crippen LogP contribution < -0.4 is 4.74 Å². The van der Waals surface area contributed by atoms with Gasteiger partial charge in [0.05, 0.1) is 11.3 Å². The van der Waals surface area contributed by atoms with Crippen molar-refractivity contribution in [3.63, 3.8) is 0 Å². The van der Waals surface area contributed by atoms with E-state index in [4.69, 9.17) is 4.74 Å². The summed E-state index contributed by atoms with van der Waals surface area (Å²) in [6.07, 6.45) is 2.75. The van der Waals surface area contributed by atoms with Crippen molar-refractivity contribution in [2.45, 2.75) is 25.9 Å². The van der Waals surface area contributed by atoms with Gasteiger partial charge in [-0.3, -0.25) is 14.3 Å². The minimum atomic E-state index is -0.104. The first kappa shape index (κ1) is 22.3. The van der Waals surface area contributed by atoms with Gasteiger partial charge in [0.15, 0.2) is 0 Å². The van der Waals surface area contributed by atoms with Crippen molar-refractivity contribution in [1.82, 2.24) is 24.5 Å². The maximum Gasteiger partial charge on any atom is 0.257 e. The molecule has 2 amide bonds. The van der Waals surface area contributed by atoms with Crippen LogP contribution in [0.25, 0.3) is 0 Å². The molecule has 0 N–H and O–H groups in total. The molecule has 4 rings (SSSR count). The summed E-state index contributed by atoms with van der Waals surface area (Å²) >= 11 is 0. The first-order chi connectivity index (χ1) is 15.4. The van der Waals surface area contributed by atoms with Crippen LogP contribution in [0.2, 0.25) is 0 Å². The Hall–Kier alpha value is -2.87. The Labute approximate surface area is 189 Å². The van der Waals surface area contributed by atoms with Crippen molar-refractivity contribution in [3.05, 3.63) is 47.8 Å². The lowest BCUT2D eigenvalue weighted by atomic mass is 9.90. The molecule has 2 atom stereocenters. The normalized spacial score (nSPS) is 22.1. The van der Waals surface area contributed by atoms with E-state index in [1.807, 2.05) is 54.1 Å². The van der Waals surface area contributed by atoms with E-state index in [9.17, 15) is 9.59 Å². The van der Waals surface area contributed by atoms with Crippen molar-refractivity contribution in [2.24, 2.45) is 13.0 Å². The molecule has 1 aromatic carbocycles. The van der Waals surface area contributed by atoms with Gasteiger partial charge in [-0.25, -0.2) is 0 Å². The average molecular weight is 440 g/mol. The summed E-state index contributed by atoms with van der Waals surface area (Å²) in [5.41, 5.74) is 1.35. The van der Waals surface area contributed by atoms with Gasteiger partial charge in [-0.1, -0.05) is 18.2 Å². The largest absolute Gasteiger partial charge is 0.490 e. The number of likely N-dealkylation sites (N-methyl/N-ethyl adjacent to an activating group) is 1. The second-order valence-electron chi connectivity index (χ2n) is 8.96. The minimum absolute atomic E-state index is 0.0224. The highest BCUT2D eigenvalue weighted by atomic mass is 16.5. The van der Waals surface area contributed by atoms with Crippen molar-refractivity contribution in [1.29, 1.82) is 0 Å². The van der Waals surface area contributed by atoms with Crippen LogP contribution in [-0.4, -0.2) is 88.7 Å². The zero-order valence-electron chi connectivity index (χ0n) is 19.2. The molecule has 2 aliphatic rings. The molecule has 0 spiro atoms. The number of nitrogens with zero attached hydrogens (tertiary/aromatic N) is 5. The summed E-state index contributed by atoms with van der Waals surface area (Å²) in [5, 5.41) is 4.31. The number of rotatable bonds is 5. The fourth-order valence-electron chi connectivity index (χ4n) is 4.61. The minimum Gasteiger partial charge on any atom is -0.490 e. The lowest BCUT2D eigenvalue weighted by molar-refractivity contribution is -0.135. The average Bonchev–Trinajstić information content (AvgIpc) is 3.13. The van der Waals surface area contributed by atoms with Gasteiger partial charge >= 0.3 is 0 Å². The first-order valence-corrected chi connectivity index (χ1v) is 11.4. The maximum absolute atomic E-state index is 13.2. The third kappa shape index (κ3) is 5.12. The van der Waals surface area contributed by atoms with Gasteiger partial charge in [0, 0.05) is 71.3 Å². The van der Waals surface area contributed by atoms with Crippen LogP contribution in [0.4, 0.5) is 0 Å². The predicted octanol–water partition coefficient (Wildman–Crippen LogP) is 1.80. The SMILES string of the molecule is Cc1nn(C)cc1C(=O)N1CC[C@H](Oc2ccccc2)[C@@H](CC(=O)N2CCN(C)CC2)C1. The van der Waals surface area contributed by atoms with Gasteiger partial charge in [0.1, 0.15) is 11.9 Å². The third-order valence-corrected chi connectivity index (χ3v) is 6.52. The fourth-order valence-corrected chi connectivity index (χ4v) is 4.61. The molecule has 8 heteroatoms. The molecule has 2 aliphatic heterocycles. The van der Waals surface area contributed by atoms with Crippen LogP contribution in [0.3, 0.4) is 0 Å². The number of carbonyl (C=O) groups is 2. The van der Waals surface area contributed by atoms with Crippen molar-refractivity contribution < 1.29 is 14.3 Å². The molecule has 0 aliphatic carbocycles. The van der Waals surface area contributed by atoms with Crippen LogP contribution in [0, 0.1) is 12.8 Å². The van der Waals surface area contributed by atoms with E-state index in [2.05, 4.69) is 17.0 Å². The molecule has 172 valence electrons. The molecular weight excluding hydrogens is 406 g/mol. The van der Waals surface area contributed by atoms with Gasteiger partial charge in [-0.2, -0.15) is 5.10 Å². The lowest BCUT2D eigenvalue weighted by Crippen LogP contribution is -2.51. The van der Waals surface area contributed by atoms with E-state index in [0.29, 0.717) is 31.5 Å². The molecule has 1 aromatic heterocycles. The number of hydrogen-bond acceptors (Lipinski definition) is 5. The van der Waals surface area contributed by atoms with Crippen LogP contribution in [0.1, 0.15) is 28.9 Å². The van der Waals surface area contributed by atoms with Crippen LogP contribution in [-0.2, 0) is 11.8 Å². The van der Waals surface area contributed by atoms with E-state index in [-0.39, 0.29) is 23.8 Å². The summed E-state index contributed by atoms with van der Waals surface area (Å²) in [4.78, 5) is 32.4. The Kier molecular flexibility index (Phi) is 6.79. The van der Waals surface area contributed by atoms with Gasteiger partial charge in [0.25, 0.3) is 5.91 Å². The second-order valence-corrected chi connectivity index (χ2v) is 8.96. The van der Waals surface area contributed by atoms with E-state index >= 15 is 0 Å². The molecule has 8 nitrogen and oxygen atoms in total. The fraction of sp³-hybridized carbons (Fsp3) is 0.542. The summed E-state index contributed by atoms with van der Waals surface area (Å²) in [7, 11) is 3.90. The number of benzene rings is 1. The monoisotopic (exact) mass is 439 g/mol. The van der Waals surface area contributed by atoms with Crippen LogP contribution >= 0.6 is 0 Å². The van der Waals surface area contributed by atoms with Crippen molar-refractivity contribution in [2.75, 3.05) is 46.3 Å². The molecule has 3 heterocycles. The Morgan fingerprint density at radius 1 is 1.03 bits per heavy atom. The number of amides is 2. The number of hydrogen-bond donors (Lipinski definition) is 0. The lowest BCUT2D eigenvalue weighted by Gasteiger charge is -2.40. The smallest absolute Gasteiger partial charge is 0.257 e. The van der Waals surface area contributed by atoms with Gasteiger partial charge in [0.2, 0.25) is 5.91 Å². The van der Waals surface area contributed by atoms with Crippen LogP contribution in [0.5, 0.6) is 5.75 Å². The number of piperazine rings is 1. The molecule has 0 bridgehead atoms. The van der Waals surface area contributed by atoms with Crippen molar-refractivity contribution >= 4 is 11.8 Å². The quantitative estimate of drug-likeness (QED) is 0.711. The van der Waals surface area contributed by atoms with E-state index in [0.717, 1.165) is 37.6 Å². The highest BCUT2D eigenvalue weighted by Crippen LogP contribution is 2.27. The molecule has 0 radical (unpaired) electrons. The Bertz CT molecular complexity index is 936. The molecular formula is C24H33N5O3. The van der Waals surface area contributed by atoms with Gasteiger partial charge < -0.3 is 19.4 Å². The number of likely N-dealkylation sites (tertiary alicyclic amines) is 1. The number of para-hydroxylation sites is 1. The van der Waals surface area contributed by atoms with E-state index in [1.54, 1.807) is 10.9 Å². The third-order valence-electron chi connectivity index (χ3n) is 6.52. The standard InChI is InChI=1S/C24H33N5O3/c1-18-21(17-27(3)25-18)24(31)29-10-9-22(32-20-7-5-4-6-8-20)19(16-29)15-23(30)28-13-11-26(2)12-14-28/h4-8,17,19,22H,9-16H2,1-3H3/t19-,22-/m0/s1. The maximum atomic E-state index is 13.2. The predicted molar refractivity (Wildman–Crippen MR) is 122 cm³/mol. The van der Waals surface area contributed by atoms with Crippen LogP contribution in [0.15, 0.2) is 36.5 Å². The number of carbonyl (C=O) groups excluding carboxylic acids is 2. The number of aromatic nitrogens is 2. The number of piperidine rings is 1.